The van der Waals surface area contributed by atoms with Crippen molar-refractivity contribution in [2.45, 2.75) is 129 Å². The number of amides is 2. The summed E-state index contributed by atoms with van der Waals surface area (Å²) in [7, 11) is -3.45. The number of rotatable bonds is 17. The Hall–Kier alpha value is -3.04. The van der Waals surface area contributed by atoms with E-state index in [2.05, 4.69) is 119 Å². The van der Waals surface area contributed by atoms with Crippen molar-refractivity contribution in [1.82, 2.24) is 9.80 Å². The van der Waals surface area contributed by atoms with Crippen molar-refractivity contribution in [2.24, 2.45) is 0 Å². The average Bonchev–Trinajstić information content (AvgIpc) is 3.56. The second-order valence-electron chi connectivity index (χ2n) is 18.2. The Kier molecular flexibility index (Phi) is 17.0. The van der Waals surface area contributed by atoms with Gasteiger partial charge in [0.2, 0.25) is 0 Å². The van der Waals surface area contributed by atoms with E-state index in [0.717, 1.165) is 19.3 Å². The number of benzene rings is 2. The van der Waals surface area contributed by atoms with E-state index in [1.165, 1.54) is 17.5 Å². The molecule has 9 nitrogen and oxygen atoms in total. The Balaban J connectivity index is 1.80. The van der Waals surface area contributed by atoms with E-state index < -0.39 is 34.3 Å². The first kappa shape index (κ1) is 47.3. The lowest BCUT2D eigenvalue weighted by molar-refractivity contribution is -0.135. The molecule has 0 unspecified atom stereocenters. The summed E-state index contributed by atoms with van der Waals surface area (Å²) in [4.78, 5) is 43.2. The van der Waals surface area contributed by atoms with Crippen LogP contribution in [0.4, 0.5) is 4.79 Å². The van der Waals surface area contributed by atoms with Crippen LogP contribution in [0.2, 0.25) is 23.2 Å². The predicted molar refractivity (Wildman–Crippen MR) is 235 cm³/mol. The van der Waals surface area contributed by atoms with Gasteiger partial charge in [0.05, 0.1) is 24.2 Å². The Morgan fingerprint density at radius 1 is 0.821 bits per heavy atom. The average molecular weight is 872 g/mol. The highest BCUT2D eigenvalue weighted by Gasteiger charge is 2.50. The minimum atomic E-state index is -2.65. The fraction of sp³-hybridized carbons (Fsp3) is 0.568. The lowest BCUT2D eigenvalue weighted by Gasteiger charge is -2.43. The second kappa shape index (κ2) is 20.1. The zero-order valence-electron chi connectivity index (χ0n) is 36.0. The molecule has 0 bridgehead atoms. The largest absolute Gasteiger partial charge is 0.465 e. The number of hydrogen-bond donors (Lipinski definition) is 0. The summed E-state index contributed by atoms with van der Waals surface area (Å²) in [6.07, 6.45) is 6.14. The van der Waals surface area contributed by atoms with Crippen LogP contribution in [0, 0.1) is 0 Å². The number of carbonyl (C=O) groups excluding carboxylic acids is 3. The van der Waals surface area contributed by atoms with Crippen molar-refractivity contribution in [3.8, 4) is 0 Å². The first-order chi connectivity index (χ1) is 26.0. The summed E-state index contributed by atoms with van der Waals surface area (Å²) in [5.74, 6) is -0.612. The number of ether oxygens (including phenoxy) is 2. The molecule has 2 amide bonds. The molecule has 0 saturated heterocycles. The zero-order chi connectivity index (χ0) is 42.0. The van der Waals surface area contributed by atoms with Crippen molar-refractivity contribution in [3.63, 3.8) is 0 Å². The lowest BCUT2D eigenvalue weighted by Crippen LogP contribution is -2.66. The van der Waals surface area contributed by atoms with E-state index in [9.17, 15) is 14.4 Å². The van der Waals surface area contributed by atoms with Gasteiger partial charge in [-0.05, 0) is 95.9 Å². The van der Waals surface area contributed by atoms with Gasteiger partial charge in [-0.1, -0.05) is 108 Å². The van der Waals surface area contributed by atoms with E-state index in [1.54, 1.807) is 17.2 Å². The SMILES string of the molecule is COC(=O)/C(Br)=C/CCN(CCCCCO[Si](c1ccccc1)(c1ccccc1)C(C)(C)C)C(=O)C1=CN(C(=O)OC(C)(C)C)[C@@H](CO[Si](C)(C)C(C)(C)C)C1. The highest BCUT2D eigenvalue weighted by atomic mass is 79.9. The Morgan fingerprint density at radius 2 is 1.39 bits per heavy atom. The lowest BCUT2D eigenvalue weighted by atomic mass is 10.1. The second-order valence-corrected chi connectivity index (χ2v) is 28.1. The standard InChI is InChI=1S/C44H67BrN2O7Si2/c1-42(2,3)54-41(50)47-32-34(31-35(47)33-53-55(11,12)43(4,5)6)39(48)46(29-22-27-38(45)40(49)51-10)28-20-15-21-30-52-56(44(7,8)9,36-23-16-13-17-24-36)37-25-18-14-19-26-37/h13-14,16-19,23-27,32,35H,15,20-22,28-31,33H2,1-12H3/b38-27-/t35-/m1/s1. The summed E-state index contributed by atoms with van der Waals surface area (Å²) in [6, 6.07) is 20.9. The van der Waals surface area contributed by atoms with Crippen molar-refractivity contribution in [3.05, 3.63) is 83.0 Å². The van der Waals surface area contributed by atoms with Crippen LogP contribution in [0.1, 0.15) is 94.4 Å². The van der Waals surface area contributed by atoms with Crippen LogP contribution in [0.25, 0.3) is 0 Å². The Morgan fingerprint density at radius 3 is 1.89 bits per heavy atom. The maximum absolute atomic E-state index is 14.3. The van der Waals surface area contributed by atoms with Crippen molar-refractivity contribution in [2.75, 3.05) is 33.4 Å². The fourth-order valence-electron chi connectivity index (χ4n) is 6.61. The van der Waals surface area contributed by atoms with E-state index >= 15 is 0 Å². The summed E-state index contributed by atoms with van der Waals surface area (Å²) in [6.45, 7) is 25.0. The third kappa shape index (κ3) is 12.7. The Bertz CT molecular complexity index is 1620. The number of unbranched alkanes of at least 4 members (excludes halogenated alkanes) is 2. The molecular formula is C44H67BrN2O7Si2. The molecule has 0 fully saturated rings. The van der Waals surface area contributed by atoms with Crippen LogP contribution < -0.4 is 10.4 Å². The van der Waals surface area contributed by atoms with Gasteiger partial charge in [-0.2, -0.15) is 0 Å². The highest BCUT2D eigenvalue weighted by molar-refractivity contribution is 9.12. The highest BCUT2D eigenvalue weighted by Crippen LogP contribution is 2.38. The first-order valence-electron chi connectivity index (χ1n) is 19.9. The third-order valence-corrected chi connectivity index (χ3v) is 20.9. The molecule has 2 aromatic carbocycles. The van der Waals surface area contributed by atoms with Gasteiger partial charge in [-0.15, -0.1) is 0 Å². The van der Waals surface area contributed by atoms with Crippen LogP contribution >= 0.6 is 15.9 Å². The summed E-state index contributed by atoms with van der Waals surface area (Å²) in [5.41, 5.74) is -0.166. The summed E-state index contributed by atoms with van der Waals surface area (Å²) >= 11 is 3.30. The number of esters is 1. The molecule has 0 radical (unpaired) electrons. The topological polar surface area (TPSA) is 94.6 Å². The number of methoxy groups -OCH3 is 1. The normalized spacial score (nSPS) is 15.7. The molecule has 310 valence electrons. The summed E-state index contributed by atoms with van der Waals surface area (Å²) < 4.78 is 24.6. The molecule has 1 atom stereocenters. The predicted octanol–water partition coefficient (Wildman–Crippen LogP) is 9.32. The van der Waals surface area contributed by atoms with Gasteiger partial charge in [0.25, 0.3) is 14.2 Å². The van der Waals surface area contributed by atoms with Gasteiger partial charge >= 0.3 is 12.1 Å². The molecule has 1 aliphatic heterocycles. The molecule has 0 saturated carbocycles. The molecule has 1 aliphatic rings. The molecule has 12 heteroatoms. The first-order valence-corrected chi connectivity index (χ1v) is 25.5. The molecular weight excluding hydrogens is 805 g/mol. The van der Waals surface area contributed by atoms with Gasteiger partial charge in [0.15, 0.2) is 8.32 Å². The van der Waals surface area contributed by atoms with Crippen LogP contribution in [0.3, 0.4) is 0 Å². The number of nitrogens with zero attached hydrogens (tertiary/aromatic N) is 2. The number of carbonyl (C=O) groups is 3. The quantitative estimate of drug-likeness (QED) is 0.0677. The molecule has 2 aromatic rings. The minimum Gasteiger partial charge on any atom is -0.465 e. The minimum absolute atomic E-state index is 0.0121. The maximum Gasteiger partial charge on any atom is 0.414 e. The van der Waals surface area contributed by atoms with Crippen molar-refractivity contribution in [1.29, 1.82) is 0 Å². The zero-order valence-corrected chi connectivity index (χ0v) is 39.6. The van der Waals surface area contributed by atoms with Crippen molar-refractivity contribution >= 4 is 60.9 Å². The number of halogens is 1. The molecule has 0 aromatic heterocycles. The smallest absolute Gasteiger partial charge is 0.414 e. The van der Waals surface area contributed by atoms with Crippen LogP contribution in [-0.2, 0) is 27.9 Å². The third-order valence-electron chi connectivity index (χ3n) is 10.7. The van der Waals surface area contributed by atoms with E-state index in [1.807, 2.05) is 37.8 Å². The Labute approximate surface area is 347 Å². The van der Waals surface area contributed by atoms with Crippen molar-refractivity contribution < 1.29 is 32.7 Å². The monoisotopic (exact) mass is 870 g/mol. The summed E-state index contributed by atoms with van der Waals surface area (Å²) in [5, 5.41) is 2.38. The molecule has 0 N–H and O–H groups in total. The van der Waals surface area contributed by atoms with E-state index in [0.29, 0.717) is 49.2 Å². The van der Waals surface area contributed by atoms with Gasteiger partial charge in [-0.3, -0.25) is 9.69 Å². The van der Waals surface area contributed by atoms with Gasteiger partial charge in [0.1, 0.15) is 5.60 Å². The van der Waals surface area contributed by atoms with Gasteiger partial charge in [-0.25, -0.2) is 9.59 Å². The van der Waals surface area contributed by atoms with Crippen LogP contribution in [0.15, 0.2) is 83.0 Å². The molecule has 56 heavy (non-hydrogen) atoms. The van der Waals surface area contributed by atoms with E-state index in [-0.39, 0.29) is 22.0 Å². The van der Waals surface area contributed by atoms with E-state index in [4.69, 9.17) is 18.3 Å². The van der Waals surface area contributed by atoms with Gasteiger partial charge in [0, 0.05) is 37.9 Å². The molecule has 3 rings (SSSR count). The maximum atomic E-state index is 14.3. The molecule has 1 heterocycles. The number of hydrogen-bond acceptors (Lipinski definition) is 7. The van der Waals surface area contributed by atoms with Crippen LogP contribution in [0.5, 0.6) is 0 Å². The van der Waals surface area contributed by atoms with Gasteiger partial charge < -0.3 is 23.2 Å². The molecule has 0 spiro atoms. The fourth-order valence-corrected chi connectivity index (χ4v) is 12.7. The van der Waals surface area contributed by atoms with Crippen LogP contribution in [-0.4, -0.2) is 89.5 Å². The molecule has 0 aliphatic carbocycles.